The molecule has 1 heterocycles. The first kappa shape index (κ1) is 16.0. The Bertz CT molecular complexity index is 514. The Balaban J connectivity index is 1.98. The molecule has 0 radical (unpaired) electrons. The molecule has 0 aromatic heterocycles. The Morgan fingerprint density at radius 1 is 1.33 bits per heavy atom. The summed E-state index contributed by atoms with van der Waals surface area (Å²) in [5.74, 6) is 1.16. The Morgan fingerprint density at radius 3 is 2.57 bits per heavy atom. The van der Waals surface area contributed by atoms with Crippen molar-refractivity contribution in [2.45, 2.75) is 19.9 Å². The molecule has 1 fully saturated rings. The van der Waals surface area contributed by atoms with Gasteiger partial charge in [-0.3, -0.25) is 9.59 Å². The molecule has 1 aromatic carbocycles. The van der Waals surface area contributed by atoms with Crippen molar-refractivity contribution in [1.82, 2.24) is 4.90 Å². The Labute approximate surface area is 130 Å². The van der Waals surface area contributed by atoms with Crippen molar-refractivity contribution in [3.05, 3.63) is 29.8 Å². The average Bonchev–Trinajstić information content (AvgIpc) is 2.78. The van der Waals surface area contributed by atoms with Gasteiger partial charge >= 0.3 is 0 Å². The number of amides is 1. The molecule has 0 spiro atoms. The summed E-state index contributed by atoms with van der Waals surface area (Å²) in [5.41, 5.74) is 2.19. The molecular weight excluding hydrogens is 284 g/mol. The van der Waals surface area contributed by atoms with Crippen LogP contribution in [0.25, 0.3) is 0 Å². The van der Waals surface area contributed by atoms with Crippen molar-refractivity contribution in [2.75, 3.05) is 31.3 Å². The molecule has 1 aromatic rings. The molecule has 1 aliphatic heterocycles. The number of rotatable bonds is 5. The lowest BCUT2D eigenvalue weighted by atomic mass is 10.1. The van der Waals surface area contributed by atoms with E-state index in [1.54, 1.807) is 6.92 Å². The zero-order chi connectivity index (χ0) is 15.4. The lowest BCUT2D eigenvalue weighted by Gasteiger charge is -2.17. The number of hydrogen-bond donors (Lipinski definition) is 0. The van der Waals surface area contributed by atoms with Gasteiger partial charge in [0.25, 0.3) is 0 Å². The summed E-state index contributed by atoms with van der Waals surface area (Å²) in [4.78, 5) is 27.1. The SMILES string of the molecule is CC(=O)SCC1CC(=O)N(c2ccc(CN(C)C)cc2)C1. The molecule has 1 unspecified atom stereocenters. The molecule has 1 amide bonds. The molecule has 5 heteroatoms. The predicted molar refractivity (Wildman–Crippen MR) is 87.4 cm³/mol. The second-order valence-electron chi connectivity index (χ2n) is 5.78. The third kappa shape index (κ3) is 4.58. The predicted octanol–water partition coefficient (Wildman–Crippen LogP) is 2.38. The summed E-state index contributed by atoms with van der Waals surface area (Å²) in [6.45, 7) is 3.18. The van der Waals surface area contributed by atoms with Gasteiger partial charge < -0.3 is 9.80 Å². The van der Waals surface area contributed by atoms with Crippen LogP contribution in [0.5, 0.6) is 0 Å². The Kier molecular flexibility index (Phi) is 5.42. The second-order valence-corrected chi connectivity index (χ2v) is 6.98. The third-order valence-corrected chi connectivity index (χ3v) is 4.52. The van der Waals surface area contributed by atoms with Crippen LogP contribution in [-0.4, -0.2) is 42.3 Å². The molecule has 2 rings (SSSR count). The molecule has 1 saturated heterocycles. The highest BCUT2D eigenvalue weighted by molar-refractivity contribution is 8.13. The fourth-order valence-electron chi connectivity index (χ4n) is 2.52. The number of anilines is 1. The normalized spacial score (nSPS) is 18.6. The van der Waals surface area contributed by atoms with E-state index in [1.807, 2.05) is 31.1 Å². The van der Waals surface area contributed by atoms with E-state index in [4.69, 9.17) is 0 Å². The van der Waals surface area contributed by atoms with Crippen LogP contribution in [0.4, 0.5) is 5.69 Å². The fraction of sp³-hybridized carbons (Fsp3) is 0.500. The number of carbonyl (C=O) groups excluding carboxylic acids is 2. The second kappa shape index (κ2) is 7.09. The van der Waals surface area contributed by atoms with Crippen LogP contribution in [0, 0.1) is 5.92 Å². The smallest absolute Gasteiger partial charge is 0.227 e. The van der Waals surface area contributed by atoms with Gasteiger partial charge in [-0.1, -0.05) is 23.9 Å². The highest BCUT2D eigenvalue weighted by atomic mass is 32.2. The fourth-order valence-corrected chi connectivity index (χ4v) is 3.22. The molecule has 114 valence electrons. The Morgan fingerprint density at radius 2 is 2.00 bits per heavy atom. The maximum atomic E-state index is 12.1. The van der Waals surface area contributed by atoms with E-state index in [0.29, 0.717) is 13.0 Å². The van der Waals surface area contributed by atoms with E-state index in [9.17, 15) is 9.59 Å². The van der Waals surface area contributed by atoms with Crippen LogP contribution >= 0.6 is 11.8 Å². The number of thioether (sulfide) groups is 1. The van der Waals surface area contributed by atoms with Gasteiger partial charge in [0.2, 0.25) is 5.91 Å². The maximum Gasteiger partial charge on any atom is 0.227 e. The monoisotopic (exact) mass is 306 g/mol. The van der Waals surface area contributed by atoms with Crippen LogP contribution in [0.1, 0.15) is 18.9 Å². The van der Waals surface area contributed by atoms with Gasteiger partial charge in [-0.25, -0.2) is 0 Å². The van der Waals surface area contributed by atoms with Crippen molar-refractivity contribution in [2.24, 2.45) is 5.92 Å². The summed E-state index contributed by atoms with van der Waals surface area (Å²) in [7, 11) is 4.07. The number of nitrogens with zero attached hydrogens (tertiary/aromatic N) is 2. The highest BCUT2D eigenvalue weighted by Gasteiger charge is 2.30. The van der Waals surface area contributed by atoms with Gasteiger partial charge in [0.05, 0.1) is 0 Å². The molecular formula is C16H22N2O2S. The van der Waals surface area contributed by atoms with Gasteiger partial charge in [0.15, 0.2) is 5.12 Å². The first-order valence-corrected chi connectivity index (χ1v) is 8.11. The minimum atomic E-state index is 0.119. The van der Waals surface area contributed by atoms with E-state index in [2.05, 4.69) is 17.0 Å². The molecule has 1 atom stereocenters. The first-order chi connectivity index (χ1) is 9.95. The summed E-state index contributed by atoms with van der Waals surface area (Å²) in [6.07, 6.45) is 0.541. The maximum absolute atomic E-state index is 12.1. The highest BCUT2D eigenvalue weighted by Crippen LogP contribution is 2.27. The van der Waals surface area contributed by atoms with Crippen molar-refractivity contribution in [3.63, 3.8) is 0 Å². The summed E-state index contributed by atoms with van der Waals surface area (Å²) in [5, 5.41) is 0.119. The third-order valence-electron chi connectivity index (χ3n) is 3.47. The Hall–Kier alpha value is -1.33. The van der Waals surface area contributed by atoms with Gasteiger partial charge in [-0.05, 0) is 37.7 Å². The van der Waals surface area contributed by atoms with E-state index in [1.165, 1.54) is 17.3 Å². The van der Waals surface area contributed by atoms with Crippen molar-refractivity contribution >= 4 is 28.5 Å². The summed E-state index contributed by atoms with van der Waals surface area (Å²) in [6, 6.07) is 8.16. The van der Waals surface area contributed by atoms with Crippen LogP contribution in [0.3, 0.4) is 0 Å². The number of hydrogen-bond acceptors (Lipinski definition) is 4. The van der Waals surface area contributed by atoms with Crippen molar-refractivity contribution < 1.29 is 9.59 Å². The minimum absolute atomic E-state index is 0.119. The quantitative estimate of drug-likeness (QED) is 0.837. The summed E-state index contributed by atoms with van der Waals surface area (Å²) < 4.78 is 0. The molecule has 0 saturated carbocycles. The zero-order valence-electron chi connectivity index (χ0n) is 12.8. The first-order valence-electron chi connectivity index (χ1n) is 7.13. The van der Waals surface area contributed by atoms with E-state index < -0.39 is 0 Å². The van der Waals surface area contributed by atoms with Gasteiger partial charge in [-0.15, -0.1) is 0 Å². The molecule has 4 nitrogen and oxygen atoms in total. The standard InChI is InChI=1S/C16H22N2O2S/c1-12(19)21-11-14-8-16(20)18(10-14)15-6-4-13(5-7-15)9-17(2)3/h4-7,14H,8-11H2,1-3H3. The zero-order valence-corrected chi connectivity index (χ0v) is 13.7. The van der Waals surface area contributed by atoms with Crippen molar-refractivity contribution in [1.29, 1.82) is 0 Å². The van der Waals surface area contributed by atoms with Crippen LogP contribution in [0.15, 0.2) is 24.3 Å². The van der Waals surface area contributed by atoms with Gasteiger partial charge in [0.1, 0.15) is 0 Å². The molecule has 1 aliphatic rings. The van der Waals surface area contributed by atoms with Crippen molar-refractivity contribution in [3.8, 4) is 0 Å². The molecule has 0 aliphatic carbocycles. The molecule has 0 bridgehead atoms. The van der Waals surface area contributed by atoms with Gasteiger partial charge in [-0.2, -0.15) is 0 Å². The van der Waals surface area contributed by atoms with E-state index >= 15 is 0 Å². The lowest BCUT2D eigenvalue weighted by molar-refractivity contribution is -0.117. The van der Waals surface area contributed by atoms with E-state index in [-0.39, 0.29) is 16.9 Å². The molecule has 0 N–H and O–H groups in total. The summed E-state index contributed by atoms with van der Waals surface area (Å²) >= 11 is 1.31. The van der Waals surface area contributed by atoms with E-state index in [0.717, 1.165) is 18.0 Å². The largest absolute Gasteiger partial charge is 0.312 e. The van der Waals surface area contributed by atoms with Crippen LogP contribution in [0.2, 0.25) is 0 Å². The number of carbonyl (C=O) groups is 2. The number of benzene rings is 1. The van der Waals surface area contributed by atoms with Crippen LogP contribution < -0.4 is 4.90 Å². The minimum Gasteiger partial charge on any atom is -0.312 e. The lowest BCUT2D eigenvalue weighted by Crippen LogP contribution is -2.24. The van der Waals surface area contributed by atoms with Crippen LogP contribution in [-0.2, 0) is 16.1 Å². The molecule has 21 heavy (non-hydrogen) atoms. The van der Waals surface area contributed by atoms with Gasteiger partial charge in [0, 0.05) is 37.9 Å². The average molecular weight is 306 g/mol. The topological polar surface area (TPSA) is 40.6 Å².